The lowest BCUT2D eigenvalue weighted by atomic mass is 9.89. The zero-order valence-electron chi connectivity index (χ0n) is 33.1. The molecule has 4 bridgehead atoms. The van der Waals surface area contributed by atoms with Crippen LogP contribution >= 0.6 is 11.6 Å². The SMILES string of the molecule is CNC(=O)O[C@H]1CC(=O)N([C@H]2O[C@@H](COC(C)=O)[C@H](OC(N)=O)[C@@H](OC)[C@@H]2O)c2cc(cc(O)c2Cl)C/C(C)=C\C=C/[C@@H](OC)[C@@]2(O)C[C@H](OC(=O)N2)[C@@H](C)/C=C\1C. The molecule has 0 aromatic heterocycles. The molecule has 4 amide bonds. The Morgan fingerprint density at radius 2 is 1.84 bits per heavy atom. The van der Waals surface area contributed by atoms with Gasteiger partial charge in [-0.1, -0.05) is 48.4 Å². The molecule has 1 aromatic carbocycles. The van der Waals surface area contributed by atoms with Crippen molar-refractivity contribution in [3.05, 3.63) is 58.2 Å². The number of nitrogens with one attached hydrogen (secondary N) is 2. The number of hydrogen-bond donors (Lipinski definition) is 6. The second kappa shape index (κ2) is 19.7. The fourth-order valence-electron chi connectivity index (χ4n) is 7.07. The fraction of sp³-hybridized carbons (Fsp3) is 0.553. The summed E-state index contributed by atoms with van der Waals surface area (Å²) in [6.45, 7) is 5.63. The number of aliphatic hydroxyl groups excluding tert-OH is 1. The summed E-state index contributed by atoms with van der Waals surface area (Å²) in [7, 11) is 3.88. The topological polar surface area (TPSA) is 264 Å². The van der Waals surface area contributed by atoms with Gasteiger partial charge in [0.05, 0.1) is 12.1 Å². The number of alkyl carbamates (subject to hydrolysis) is 2. The van der Waals surface area contributed by atoms with E-state index >= 15 is 0 Å². The van der Waals surface area contributed by atoms with Crippen LogP contribution in [0.25, 0.3) is 0 Å². The normalized spacial score (nSPS) is 33.2. The summed E-state index contributed by atoms with van der Waals surface area (Å²) < 4.78 is 39.0. The third-order valence-corrected chi connectivity index (χ3v) is 10.3. The van der Waals surface area contributed by atoms with Crippen molar-refractivity contribution < 1.29 is 72.5 Å². The number of primary amides is 1. The lowest BCUT2D eigenvalue weighted by Crippen LogP contribution is -2.66. The van der Waals surface area contributed by atoms with E-state index in [-0.39, 0.29) is 23.6 Å². The highest BCUT2D eigenvalue weighted by Gasteiger charge is 2.52. The third kappa shape index (κ3) is 11.0. The van der Waals surface area contributed by atoms with Gasteiger partial charge in [0.15, 0.2) is 18.1 Å². The maximum Gasteiger partial charge on any atom is 0.409 e. The van der Waals surface area contributed by atoms with Crippen LogP contribution in [-0.4, -0.2) is 128 Å². The van der Waals surface area contributed by atoms with Crippen LogP contribution in [0.2, 0.25) is 5.02 Å². The third-order valence-electron chi connectivity index (χ3n) is 9.88. The first-order valence-corrected chi connectivity index (χ1v) is 18.6. The Labute approximate surface area is 340 Å². The minimum absolute atomic E-state index is 0.126. The van der Waals surface area contributed by atoms with Crippen molar-refractivity contribution >= 4 is 47.4 Å². The predicted molar refractivity (Wildman–Crippen MR) is 204 cm³/mol. The van der Waals surface area contributed by atoms with E-state index in [4.69, 9.17) is 50.5 Å². The van der Waals surface area contributed by atoms with E-state index < -0.39 is 110 Å². The number of methoxy groups -OCH3 is 2. The number of carbonyl (C=O) groups is 5. The number of anilines is 1. The molecular weight excluding hydrogens is 788 g/mol. The summed E-state index contributed by atoms with van der Waals surface area (Å²) in [5.74, 6) is -2.68. The first-order chi connectivity index (χ1) is 27.3. The minimum Gasteiger partial charge on any atom is -0.506 e. The number of fused-ring (bicyclic) bond motifs is 4. The largest absolute Gasteiger partial charge is 0.506 e. The van der Waals surface area contributed by atoms with Crippen LogP contribution in [0.3, 0.4) is 0 Å². The van der Waals surface area contributed by atoms with Gasteiger partial charge in [0.25, 0.3) is 0 Å². The number of aliphatic hydroxyl groups is 2. The average molecular weight is 839 g/mol. The molecule has 3 aliphatic rings. The zero-order valence-corrected chi connectivity index (χ0v) is 33.9. The van der Waals surface area contributed by atoms with Gasteiger partial charge in [-0.05, 0) is 43.5 Å². The van der Waals surface area contributed by atoms with Crippen LogP contribution in [0.1, 0.15) is 46.1 Å². The number of benzene rings is 1. The molecular formula is C38H51ClN4O15. The summed E-state index contributed by atoms with van der Waals surface area (Å²) in [6, 6.07) is 2.86. The molecule has 0 spiro atoms. The highest BCUT2D eigenvalue weighted by Crippen LogP contribution is 2.41. The molecule has 0 aliphatic carbocycles. The molecule has 0 unspecified atom stereocenters. The molecule has 20 heteroatoms. The van der Waals surface area contributed by atoms with Crippen LogP contribution in [0.5, 0.6) is 5.75 Å². The molecule has 10 atom stereocenters. The second-order valence-electron chi connectivity index (χ2n) is 14.2. The molecule has 3 heterocycles. The van der Waals surface area contributed by atoms with Crippen molar-refractivity contribution in [2.45, 2.75) is 102 Å². The van der Waals surface area contributed by atoms with Crippen molar-refractivity contribution in [3.8, 4) is 5.75 Å². The Hall–Kier alpha value is -4.92. The van der Waals surface area contributed by atoms with Crippen molar-refractivity contribution in [2.24, 2.45) is 11.7 Å². The van der Waals surface area contributed by atoms with Gasteiger partial charge in [-0.15, -0.1) is 0 Å². The molecule has 4 rings (SSSR count). The minimum atomic E-state index is -1.90. The number of nitrogens with zero attached hydrogens (tertiary/aromatic N) is 1. The number of amides is 4. The second-order valence-corrected chi connectivity index (χ2v) is 14.6. The highest BCUT2D eigenvalue weighted by atomic mass is 35.5. The maximum atomic E-state index is 14.9. The quantitative estimate of drug-likeness (QED) is 0.131. The number of aromatic hydroxyl groups is 1. The van der Waals surface area contributed by atoms with Crippen molar-refractivity contribution in [1.29, 1.82) is 0 Å². The molecule has 2 saturated heterocycles. The number of phenols is 1. The Morgan fingerprint density at radius 3 is 2.47 bits per heavy atom. The van der Waals surface area contributed by atoms with Crippen LogP contribution in [-0.2, 0) is 49.2 Å². The number of ether oxygens (including phenoxy) is 7. The number of allylic oxidation sites excluding steroid dienone is 3. The molecule has 2 fully saturated rings. The van der Waals surface area contributed by atoms with Gasteiger partial charge >= 0.3 is 24.2 Å². The number of phenolic OH excluding ortho intramolecular Hbond substituents is 1. The summed E-state index contributed by atoms with van der Waals surface area (Å²) in [4.78, 5) is 65.2. The Balaban J connectivity index is 1.95. The Bertz CT molecular complexity index is 1810. The number of esters is 1. The van der Waals surface area contributed by atoms with Crippen LogP contribution < -0.4 is 21.3 Å². The van der Waals surface area contributed by atoms with E-state index in [0.29, 0.717) is 16.7 Å². The number of hydrogen-bond acceptors (Lipinski definition) is 15. The van der Waals surface area contributed by atoms with E-state index in [1.165, 1.54) is 33.4 Å². The van der Waals surface area contributed by atoms with Crippen LogP contribution in [0, 0.1) is 5.92 Å². The van der Waals surface area contributed by atoms with Gasteiger partial charge in [-0.3, -0.25) is 19.8 Å². The van der Waals surface area contributed by atoms with Gasteiger partial charge in [0.1, 0.15) is 54.0 Å². The fourth-order valence-corrected chi connectivity index (χ4v) is 7.27. The van der Waals surface area contributed by atoms with Gasteiger partial charge < -0.3 is 59.5 Å². The van der Waals surface area contributed by atoms with Crippen molar-refractivity contribution in [1.82, 2.24) is 10.6 Å². The maximum absolute atomic E-state index is 14.9. The number of rotatable bonds is 7. The van der Waals surface area contributed by atoms with Gasteiger partial charge in [-0.25, -0.2) is 14.4 Å². The molecule has 58 heavy (non-hydrogen) atoms. The summed E-state index contributed by atoms with van der Waals surface area (Å²) in [5.41, 5.74) is 4.74. The molecule has 19 nitrogen and oxygen atoms in total. The Morgan fingerprint density at radius 1 is 1.14 bits per heavy atom. The van der Waals surface area contributed by atoms with Crippen LogP contribution in [0.15, 0.2) is 47.6 Å². The smallest absolute Gasteiger partial charge is 0.409 e. The van der Waals surface area contributed by atoms with E-state index in [1.54, 1.807) is 45.1 Å². The van der Waals surface area contributed by atoms with Crippen molar-refractivity contribution in [2.75, 3.05) is 32.8 Å². The standard InChI is InChI=1S/C38H51ClN4O15/c1-18-9-8-10-28(52-6)38(51)16-26(57-37(50)42-38)20(3)12-19(2)25(56-36(49)41-5)15-29(46)43(23-13-22(11-18)14-24(45)30(23)39)34-31(47)33(53-7)32(58-35(40)48)27(55-34)17-54-21(4)44/h8-10,12-14,20,25-28,31-34,45,47,51H,11,15-17H2,1-7H3,(H2,40,48)(H,41,49)(H,42,50)/b10-8-,18-9-,19-12-/t20-,25-,26-,27-,28+,31-,32-,33-,34-,38-/m0/s1. The summed E-state index contributed by atoms with van der Waals surface area (Å²) in [6.07, 6.45) is -8.27. The zero-order chi connectivity index (χ0) is 43.1. The lowest BCUT2D eigenvalue weighted by molar-refractivity contribution is -0.236. The van der Waals surface area contributed by atoms with E-state index in [2.05, 4.69) is 10.6 Å². The van der Waals surface area contributed by atoms with Crippen LogP contribution in [0.4, 0.5) is 20.1 Å². The monoisotopic (exact) mass is 838 g/mol. The molecule has 3 aliphatic heterocycles. The predicted octanol–water partition coefficient (Wildman–Crippen LogP) is 2.46. The first-order valence-electron chi connectivity index (χ1n) is 18.3. The summed E-state index contributed by atoms with van der Waals surface area (Å²) in [5, 5.41) is 39.1. The number of carbonyl (C=O) groups excluding carboxylic acids is 5. The molecule has 0 radical (unpaired) electrons. The highest BCUT2D eigenvalue weighted by molar-refractivity contribution is 6.35. The summed E-state index contributed by atoms with van der Waals surface area (Å²) >= 11 is 6.74. The van der Waals surface area contributed by atoms with Gasteiger partial charge in [0.2, 0.25) is 5.91 Å². The van der Waals surface area contributed by atoms with Gasteiger partial charge in [-0.2, -0.15) is 0 Å². The van der Waals surface area contributed by atoms with E-state index in [1.807, 2.05) is 0 Å². The molecule has 0 saturated carbocycles. The van der Waals surface area contributed by atoms with E-state index in [9.17, 15) is 39.3 Å². The molecule has 7 N–H and O–H groups in total. The number of nitrogens with two attached hydrogens (primary N) is 1. The Kier molecular flexibility index (Phi) is 15.5. The molecule has 320 valence electrons. The van der Waals surface area contributed by atoms with E-state index in [0.717, 1.165) is 11.8 Å². The lowest BCUT2D eigenvalue weighted by Gasteiger charge is -2.47. The average Bonchev–Trinajstić information content (AvgIpc) is 3.14. The first kappa shape index (κ1) is 45.8. The molecule has 1 aromatic rings. The van der Waals surface area contributed by atoms with Gasteiger partial charge in [0, 0.05) is 40.5 Å². The number of halogens is 1. The van der Waals surface area contributed by atoms with Crippen molar-refractivity contribution in [3.63, 3.8) is 0 Å².